The molecule has 22 heavy (non-hydrogen) atoms. The lowest BCUT2D eigenvalue weighted by molar-refractivity contribution is -0.145. The van der Waals surface area contributed by atoms with Crippen LogP contribution in [0.15, 0.2) is 30.3 Å². The summed E-state index contributed by atoms with van der Waals surface area (Å²) in [6.45, 7) is 1.33. The number of hydrogen-bond acceptors (Lipinski definition) is 3. The van der Waals surface area contributed by atoms with Crippen LogP contribution in [0.3, 0.4) is 0 Å². The van der Waals surface area contributed by atoms with Gasteiger partial charge in [-0.15, -0.1) is 0 Å². The molecule has 0 bridgehead atoms. The van der Waals surface area contributed by atoms with Crippen molar-refractivity contribution < 1.29 is 26.3 Å². The van der Waals surface area contributed by atoms with Crippen molar-refractivity contribution >= 4 is 11.5 Å². The average Bonchev–Trinajstić information content (AvgIpc) is 2.36. The molecule has 9 heteroatoms. The van der Waals surface area contributed by atoms with Gasteiger partial charge in [-0.05, 0) is 25.1 Å². The van der Waals surface area contributed by atoms with Gasteiger partial charge in [0.25, 0.3) is 0 Å². The molecule has 1 aromatic carbocycles. The second kappa shape index (κ2) is 5.47. The first kappa shape index (κ1) is 16.1. The molecule has 3 nitrogen and oxygen atoms in total. The molecule has 0 fully saturated rings. The molecule has 0 unspecified atom stereocenters. The normalized spacial score (nSPS) is 12.3. The van der Waals surface area contributed by atoms with Crippen LogP contribution in [0.1, 0.15) is 17.1 Å². The number of hydrogen-bond donors (Lipinski definition) is 1. The van der Waals surface area contributed by atoms with Gasteiger partial charge in [0.1, 0.15) is 5.82 Å². The van der Waals surface area contributed by atoms with Crippen LogP contribution in [0.5, 0.6) is 0 Å². The van der Waals surface area contributed by atoms with Crippen molar-refractivity contribution in [2.45, 2.75) is 19.3 Å². The van der Waals surface area contributed by atoms with Gasteiger partial charge in [-0.3, -0.25) is 0 Å². The van der Waals surface area contributed by atoms with Crippen molar-refractivity contribution in [2.75, 3.05) is 5.32 Å². The summed E-state index contributed by atoms with van der Waals surface area (Å²) in [5.41, 5.74) is -0.905. The van der Waals surface area contributed by atoms with Gasteiger partial charge in [-0.1, -0.05) is 6.07 Å². The van der Waals surface area contributed by atoms with E-state index >= 15 is 0 Å². The third-order valence-corrected chi connectivity index (χ3v) is 2.57. The zero-order valence-electron chi connectivity index (χ0n) is 11.0. The third-order valence-electron chi connectivity index (χ3n) is 2.57. The third kappa shape index (κ3) is 3.86. The molecule has 2 aromatic rings. The van der Waals surface area contributed by atoms with Crippen molar-refractivity contribution in [3.8, 4) is 0 Å². The number of aromatic nitrogens is 2. The van der Waals surface area contributed by atoms with E-state index in [1.54, 1.807) is 0 Å². The number of aryl methyl sites for hydroxylation is 1. The Morgan fingerprint density at radius 3 is 2.18 bits per heavy atom. The number of benzene rings is 1. The lowest BCUT2D eigenvalue weighted by atomic mass is 10.2. The quantitative estimate of drug-likeness (QED) is 0.824. The molecule has 0 atom stereocenters. The van der Waals surface area contributed by atoms with E-state index in [2.05, 4.69) is 15.3 Å². The van der Waals surface area contributed by atoms with Gasteiger partial charge in [-0.2, -0.15) is 26.3 Å². The number of alkyl halides is 6. The summed E-state index contributed by atoms with van der Waals surface area (Å²) >= 11 is 0. The number of nitrogens with zero attached hydrogens (tertiary/aromatic N) is 2. The van der Waals surface area contributed by atoms with E-state index in [4.69, 9.17) is 0 Å². The predicted octanol–water partition coefficient (Wildman–Crippen LogP) is 4.57. The fourth-order valence-corrected chi connectivity index (χ4v) is 1.68. The van der Waals surface area contributed by atoms with Crippen LogP contribution in [-0.2, 0) is 12.4 Å². The second-order valence-electron chi connectivity index (χ2n) is 4.42. The Hall–Kier alpha value is -2.32. The van der Waals surface area contributed by atoms with Crippen LogP contribution in [0.4, 0.5) is 37.8 Å². The maximum absolute atomic E-state index is 12.6. The van der Waals surface area contributed by atoms with Gasteiger partial charge in [0.2, 0.25) is 5.82 Å². The largest absolute Gasteiger partial charge is 0.451 e. The maximum atomic E-state index is 12.6. The van der Waals surface area contributed by atoms with E-state index in [-0.39, 0.29) is 17.2 Å². The van der Waals surface area contributed by atoms with Crippen molar-refractivity contribution in [3.05, 3.63) is 47.4 Å². The Bertz CT molecular complexity index is 678. The van der Waals surface area contributed by atoms with Crippen LogP contribution >= 0.6 is 0 Å². The first-order valence-corrected chi connectivity index (χ1v) is 5.93. The van der Waals surface area contributed by atoms with Crippen LogP contribution in [0, 0.1) is 6.92 Å². The number of anilines is 2. The van der Waals surface area contributed by atoms with E-state index < -0.39 is 23.7 Å². The molecular weight excluding hydrogens is 312 g/mol. The Balaban J connectivity index is 2.34. The number of halogens is 6. The van der Waals surface area contributed by atoms with Crippen LogP contribution < -0.4 is 5.32 Å². The molecule has 0 aliphatic rings. The lowest BCUT2D eigenvalue weighted by Gasteiger charge is -2.12. The van der Waals surface area contributed by atoms with Crippen molar-refractivity contribution in [3.63, 3.8) is 0 Å². The minimum atomic E-state index is -4.74. The van der Waals surface area contributed by atoms with Crippen molar-refractivity contribution in [1.29, 1.82) is 0 Å². The zero-order valence-corrected chi connectivity index (χ0v) is 11.0. The van der Waals surface area contributed by atoms with Gasteiger partial charge >= 0.3 is 12.4 Å². The standard InChI is InChI=1S/C13H9F6N3/c1-7-5-10(22-11(20-7)13(17,18)19)21-9-4-2-3-8(6-9)12(14,15)16/h2-6H,1H3,(H,20,21,22). The molecule has 1 heterocycles. The molecule has 1 N–H and O–H groups in total. The van der Waals surface area contributed by atoms with E-state index in [1.807, 2.05) is 0 Å². The monoisotopic (exact) mass is 321 g/mol. The molecule has 0 aliphatic carbocycles. The molecule has 0 aliphatic heterocycles. The second-order valence-corrected chi connectivity index (χ2v) is 4.42. The van der Waals surface area contributed by atoms with Crippen LogP contribution in [0.25, 0.3) is 0 Å². The summed E-state index contributed by atoms with van der Waals surface area (Å²) in [6, 6.07) is 5.28. The van der Waals surface area contributed by atoms with E-state index in [0.29, 0.717) is 0 Å². The Kier molecular flexibility index (Phi) is 3.99. The van der Waals surface area contributed by atoms with E-state index in [1.165, 1.54) is 19.1 Å². The molecule has 118 valence electrons. The van der Waals surface area contributed by atoms with Crippen molar-refractivity contribution in [1.82, 2.24) is 9.97 Å². The number of nitrogens with one attached hydrogen (secondary N) is 1. The van der Waals surface area contributed by atoms with Gasteiger partial charge in [0, 0.05) is 17.4 Å². The van der Waals surface area contributed by atoms with Crippen LogP contribution in [0.2, 0.25) is 0 Å². The smallest absolute Gasteiger partial charge is 0.340 e. The fraction of sp³-hybridized carbons (Fsp3) is 0.231. The summed E-state index contributed by atoms with van der Waals surface area (Å²) < 4.78 is 75.6. The summed E-state index contributed by atoms with van der Waals surface area (Å²) in [4.78, 5) is 6.51. The summed E-state index contributed by atoms with van der Waals surface area (Å²) in [5.74, 6) is -1.60. The highest BCUT2D eigenvalue weighted by Gasteiger charge is 2.35. The van der Waals surface area contributed by atoms with Crippen molar-refractivity contribution in [2.24, 2.45) is 0 Å². The predicted molar refractivity (Wildman–Crippen MR) is 66.5 cm³/mol. The molecule has 0 saturated heterocycles. The fourth-order valence-electron chi connectivity index (χ4n) is 1.68. The SMILES string of the molecule is Cc1cc(Nc2cccc(C(F)(F)F)c2)nc(C(F)(F)F)n1. The molecule has 2 rings (SSSR count). The highest BCUT2D eigenvalue weighted by Crippen LogP contribution is 2.32. The van der Waals surface area contributed by atoms with E-state index in [9.17, 15) is 26.3 Å². The first-order valence-electron chi connectivity index (χ1n) is 5.93. The topological polar surface area (TPSA) is 37.8 Å². The van der Waals surface area contributed by atoms with Gasteiger partial charge in [-0.25, -0.2) is 9.97 Å². The minimum Gasteiger partial charge on any atom is -0.340 e. The maximum Gasteiger partial charge on any atom is 0.451 e. The molecule has 0 spiro atoms. The van der Waals surface area contributed by atoms with Gasteiger partial charge in [0.05, 0.1) is 5.56 Å². The van der Waals surface area contributed by atoms with Gasteiger partial charge < -0.3 is 5.32 Å². The minimum absolute atomic E-state index is 0.0268. The number of rotatable bonds is 2. The molecule has 0 amide bonds. The Morgan fingerprint density at radius 1 is 0.909 bits per heavy atom. The Labute approximate surface area is 121 Å². The van der Waals surface area contributed by atoms with Gasteiger partial charge in [0.15, 0.2) is 0 Å². The average molecular weight is 321 g/mol. The summed E-state index contributed by atoms with van der Waals surface area (Å²) in [5, 5.41) is 2.42. The first-order chi connectivity index (χ1) is 10.1. The highest BCUT2D eigenvalue weighted by molar-refractivity contribution is 5.57. The molecular formula is C13H9F6N3. The zero-order chi connectivity index (χ0) is 16.5. The molecule has 1 aromatic heterocycles. The lowest BCUT2D eigenvalue weighted by Crippen LogP contribution is -2.13. The highest BCUT2D eigenvalue weighted by atomic mass is 19.4. The van der Waals surface area contributed by atoms with E-state index in [0.717, 1.165) is 18.2 Å². The summed E-state index contributed by atoms with van der Waals surface area (Å²) in [7, 11) is 0. The molecule has 0 radical (unpaired) electrons. The van der Waals surface area contributed by atoms with Crippen LogP contribution in [-0.4, -0.2) is 9.97 Å². The Morgan fingerprint density at radius 2 is 1.59 bits per heavy atom. The summed E-state index contributed by atoms with van der Waals surface area (Å²) in [6.07, 6.45) is -9.29. The molecule has 0 saturated carbocycles.